The Kier molecular flexibility index (Phi) is 6.99. The van der Waals surface area contributed by atoms with Crippen molar-refractivity contribution in [3.8, 4) is 17.1 Å². The van der Waals surface area contributed by atoms with Crippen LogP contribution in [0.4, 0.5) is 8.78 Å². The highest BCUT2D eigenvalue weighted by molar-refractivity contribution is 7.91. The van der Waals surface area contributed by atoms with Gasteiger partial charge in [0.1, 0.15) is 29.2 Å². The smallest absolute Gasteiger partial charge is 0.168 e. The normalized spacial score (nSPS) is 13.5. The maximum atomic E-state index is 14.8. The molecule has 182 valence electrons. The van der Waals surface area contributed by atoms with E-state index in [4.69, 9.17) is 4.74 Å². The van der Waals surface area contributed by atoms with Gasteiger partial charge in [-0.3, -0.25) is 4.57 Å². The lowest BCUT2D eigenvalue weighted by Crippen LogP contribution is -2.30. The van der Waals surface area contributed by atoms with Crippen molar-refractivity contribution in [2.45, 2.75) is 31.0 Å². The summed E-state index contributed by atoms with van der Waals surface area (Å²) < 4.78 is 63.0. The number of sulfone groups is 1. The van der Waals surface area contributed by atoms with Crippen molar-refractivity contribution in [3.63, 3.8) is 0 Å². The average molecular weight is 500 g/mol. The van der Waals surface area contributed by atoms with E-state index in [2.05, 4.69) is 20.2 Å². The van der Waals surface area contributed by atoms with Gasteiger partial charge >= 0.3 is 0 Å². The van der Waals surface area contributed by atoms with Crippen LogP contribution in [0.5, 0.6) is 0 Å². The van der Waals surface area contributed by atoms with Crippen LogP contribution in [0.1, 0.15) is 30.2 Å². The standard InChI is InChI=1S/C24H23F2N5O3S/c1-15-12-27-23(28-13-15)22(34-3)16(2)35(32,33)14-20-29-30-24(17-8-5-4-6-9-17)31(20)21-18(25)10-7-11-19(21)26/h4-13,16,22H,14H2,1-3H3/t16-,22-/m0/s1. The molecule has 8 nitrogen and oxygen atoms in total. The number of nitrogens with zero attached hydrogens (tertiary/aromatic N) is 5. The summed E-state index contributed by atoms with van der Waals surface area (Å²) in [5.41, 5.74) is 0.870. The van der Waals surface area contributed by atoms with Crippen LogP contribution in [0.25, 0.3) is 17.1 Å². The molecule has 4 rings (SSSR count). The monoisotopic (exact) mass is 499 g/mol. The minimum absolute atomic E-state index is 0.109. The molecule has 2 atom stereocenters. The number of aromatic nitrogens is 5. The molecule has 2 aromatic carbocycles. The second-order valence-electron chi connectivity index (χ2n) is 8.00. The molecule has 11 heteroatoms. The Balaban J connectivity index is 1.79. The molecule has 0 radical (unpaired) electrons. The van der Waals surface area contributed by atoms with Gasteiger partial charge in [-0.1, -0.05) is 36.4 Å². The highest BCUT2D eigenvalue weighted by Gasteiger charge is 2.35. The predicted molar refractivity (Wildman–Crippen MR) is 125 cm³/mol. The molecule has 35 heavy (non-hydrogen) atoms. The third-order valence-corrected chi connectivity index (χ3v) is 7.60. The summed E-state index contributed by atoms with van der Waals surface area (Å²) in [6, 6.07) is 12.0. The molecular weight excluding hydrogens is 476 g/mol. The van der Waals surface area contributed by atoms with Gasteiger partial charge in [-0.05, 0) is 31.5 Å². The lowest BCUT2D eigenvalue weighted by molar-refractivity contribution is 0.0947. The first-order valence-corrected chi connectivity index (χ1v) is 12.4. The van der Waals surface area contributed by atoms with E-state index in [0.717, 1.165) is 22.3 Å². The average Bonchev–Trinajstić information content (AvgIpc) is 3.23. The van der Waals surface area contributed by atoms with E-state index in [0.29, 0.717) is 5.56 Å². The Labute approximate surface area is 201 Å². The molecular formula is C24H23F2N5O3S. The summed E-state index contributed by atoms with van der Waals surface area (Å²) >= 11 is 0. The summed E-state index contributed by atoms with van der Waals surface area (Å²) in [6.45, 7) is 3.28. The fourth-order valence-corrected chi connectivity index (χ4v) is 5.10. The molecule has 0 aliphatic heterocycles. The molecule has 0 spiro atoms. The molecule has 0 amide bonds. The van der Waals surface area contributed by atoms with Crippen LogP contribution in [0.15, 0.2) is 60.9 Å². The van der Waals surface area contributed by atoms with Crippen LogP contribution in [-0.2, 0) is 20.3 Å². The highest BCUT2D eigenvalue weighted by Crippen LogP contribution is 2.30. The first-order chi connectivity index (χ1) is 16.7. The highest BCUT2D eigenvalue weighted by atomic mass is 32.2. The fraction of sp³-hybridized carbons (Fsp3) is 0.250. The number of aryl methyl sites for hydroxylation is 1. The summed E-state index contributed by atoms with van der Waals surface area (Å²) in [7, 11) is -2.62. The fourth-order valence-electron chi connectivity index (χ4n) is 3.68. The van der Waals surface area contributed by atoms with Gasteiger partial charge in [0.2, 0.25) is 0 Å². The van der Waals surface area contributed by atoms with Gasteiger partial charge in [-0.25, -0.2) is 27.2 Å². The largest absolute Gasteiger partial charge is 0.372 e. The van der Waals surface area contributed by atoms with Crippen molar-refractivity contribution >= 4 is 9.84 Å². The van der Waals surface area contributed by atoms with E-state index in [1.807, 2.05) is 6.92 Å². The van der Waals surface area contributed by atoms with Crippen molar-refractivity contribution in [2.75, 3.05) is 7.11 Å². The number of methoxy groups -OCH3 is 1. The molecule has 2 aromatic heterocycles. The number of benzene rings is 2. The zero-order chi connectivity index (χ0) is 25.2. The van der Waals surface area contributed by atoms with Crippen LogP contribution in [0.3, 0.4) is 0 Å². The summed E-state index contributed by atoms with van der Waals surface area (Å²) in [5.74, 6) is -2.22. The number of rotatable bonds is 8. The second kappa shape index (κ2) is 9.96. The number of ether oxygens (including phenoxy) is 1. The van der Waals surface area contributed by atoms with E-state index in [1.54, 1.807) is 42.7 Å². The van der Waals surface area contributed by atoms with Crippen molar-refractivity contribution in [1.82, 2.24) is 24.7 Å². The van der Waals surface area contributed by atoms with E-state index in [-0.39, 0.29) is 17.5 Å². The maximum Gasteiger partial charge on any atom is 0.168 e. The molecule has 0 bridgehead atoms. The Bertz CT molecular complexity index is 1410. The first-order valence-electron chi connectivity index (χ1n) is 10.7. The van der Waals surface area contributed by atoms with Gasteiger partial charge in [0.15, 0.2) is 27.3 Å². The predicted octanol–water partition coefficient (Wildman–Crippen LogP) is 4.00. The van der Waals surface area contributed by atoms with Gasteiger partial charge in [0.25, 0.3) is 0 Å². The summed E-state index contributed by atoms with van der Waals surface area (Å²) in [4.78, 5) is 8.38. The Morgan fingerprint density at radius 1 is 0.971 bits per heavy atom. The number of halogens is 2. The van der Waals surface area contributed by atoms with Crippen LogP contribution >= 0.6 is 0 Å². The van der Waals surface area contributed by atoms with Crippen molar-refractivity contribution in [1.29, 1.82) is 0 Å². The third-order valence-electron chi connectivity index (χ3n) is 5.56. The van der Waals surface area contributed by atoms with Gasteiger partial charge in [-0.2, -0.15) is 0 Å². The molecule has 0 unspecified atom stereocenters. The number of hydrogen-bond acceptors (Lipinski definition) is 7. The second-order valence-corrected chi connectivity index (χ2v) is 10.4. The van der Waals surface area contributed by atoms with Crippen LogP contribution in [0, 0.1) is 18.6 Å². The van der Waals surface area contributed by atoms with Crippen molar-refractivity contribution in [2.24, 2.45) is 0 Å². The SMILES string of the molecule is CO[C@H](c1ncc(C)cn1)[C@H](C)S(=O)(=O)Cc1nnc(-c2ccccc2)n1-c1c(F)cccc1F. The quantitative estimate of drug-likeness (QED) is 0.361. The van der Waals surface area contributed by atoms with Crippen LogP contribution < -0.4 is 0 Å². The molecule has 2 heterocycles. The Hall–Kier alpha value is -3.57. The molecule has 4 aromatic rings. The van der Waals surface area contributed by atoms with E-state index in [9.17, 15) is 17.2 Å². The summed E-state index contributed by atoms with van der Waals surface area (Å²) in [6.07, 6.45) is 2.17. The van der Waals surface area contributed by atoms with Crippen molar-refractivity contribution < 1.29 is 21.9 Å². The van der Waals surface area contributed by atoms with E-state index >= 15 is 0 Å². The molecule has 0 saturated heterocycles. The molecule has 0 saturated carbocycles. The Morgan fingerprint density at radius 3 is 2.20 bits per heavy atom. The Morgan fingerprint density at radius 2 is 1.60 bits per heavy atom. The van der Waals surface area contributed by atoms with E-state index < -0.39 is 44.3 Å². The lowest BCUT2D eigenvalue weighted by Gasteiger charge is -2.22. The lowest BCUT2D eigenvalue weighted by atomic mass is 10.2. The zero-order valence-corrected chi connectivity index (χ0v) is 20.1. The third kappa shape index (κ3) is 4.96. The number of para-hydroxylation sites is 1. The van der Waals surface area contributed by atoms with Gasteiger partial charge in [0, 0.05) is 25.1 Å². The topological polar surface area (TPSA) is 99.9 Å². The minimum Gasteiger partial charge on any atom is -0.372 e. The van der Waals surface area contributed by atoms with Crippen LogP contribution in [0.2, 0.25) is 0 Å². The van der Waals surface area contributed by atoms with Crippen molar-refractivity contribution in [3.05, 3.63) is 89.8 Å². The van der Waals surface area contributed by atoms with E-state index in [1.165, 1.54) is 20.1 Å². The molecule has 0 N–H and O–H groups in total. The van der Waals surface area contributed by atoms with Gasteiger partial charge in [-0.15, -0.1) is 10.2 Å². The molecule has 0 aliphatic rings. The summed E-state index contributed by atoms with van der Waals surface area (Å²) in [5, 5.41) is 7.01. The number of hydrogen-bond donors (Lipinski definition) is 0. The first kappa shape index (κ1) is 24.6. The maximum absolute atomic E-state index is 14.8. The minimum atomic E-state index is -3.98. The molecule has 0 aliphatic carbocycles. The zero-order valence-electron chi connectivity index (χ0n) is 19.3. The molecule has 0 fully saturated rings. The van der Waals surface area contributed by atoms with Gasteiger partial charge in [0.05, 0.1) is 5.25 Å². The van der Waals surface area contributed by atoms with Gasteiger partial charge < -0.3 is 4.74 Å². The van der Waals surface area contributed by atoms with Crippen LogP contribution in [-0.4, -0.2) is 45.5 Å².